The second kappa shape index (κ2) is 79.6. The summed E-state index contributed by atoms with van der Waals surface area (Å²) in [6, 6.07) is 0. The van der Waals surface area contributed by atoms with Gasteiger partial charge >= 0.3 is 11.9 Å². The Morgan fingerprint density at radius 3 is 0.755 bits per heavy atom. The Balaban J connectivity index is 3.84. The van der Waals surface area contributed by atoms with Crippen LogP contribution in [0.1, 0.15) is 476 Å². The molecule has 0 rings (SSSR count). The maximum Gasteiger partial charge on any atom is 0.306 e. The second-order valence-electron chi connectivity index (χ2n) is 31.6. The number of carbonyl (C=O) groups is 2. The van der Waals surface area contributed by atoms with E-state index >= 15 is 0 Å². The van der Waals surface area contributed by atoms with Crippen LogP contribution in [0.15, 0.2) is 24.3 Å². The van der Waals surface area contributed by atoms with Crippen LogP contribution < -0.4 is 4.89 Å². The van der Waals surface area contributed by atoms with Gasteiger partial charge in [-0.1, -0.05) is 423 Å². The summed E-state index contributed by atoms with van der Waals surface area (Å²) in [7, 11) is 1.20. The van der Waals surface area contributed by atoms with Crippen LogP contribution in [0.25, 0.3) is 0 Å². The van der Waals surface area contributed by atoms with Crippen LogP contribution >= 0.6 is 7.82 Å². The summed E-state index contributed by atoms with van der Waals surface area (Å²) in [5.74, 6) is -0.802. The normalized spacial score (nSPS) is 13.0. The second-order valence-corrected chi connectivity index (χ2v) is 33.0. The van der Waals surface area contributed by atoms with Crippen LogP contribution in [0.3, 0.4) is 0 Å². The third-order valence-corrected chi connectivity index (χ3v) is 21.4. The van der Waals surface area contributed by atoms with Crippen LogP contribution in [0.5, 0.6) is 0 Å². The number of phosphoric ester groups is 1. The average molecular weight is 1400 g/mol. The van der Waals surface area contributed by atoms with Crippen molar-refractivity contribution in [2.24, 2.45) is 0 Å². The number of ether oxygens (including phenoxy) is 2. The zero-order valence-corrected chi connectivity index (χ0v) is 67.7. The van der Waals surface area contributed by atoms with E-state index in [0.717, 1.165) is 32.1 Å². The van der Waals surface area contributed by atoms with Gasteiger partial charge in [0.2, 0.25) is 0 Å². The fraction of sp³-hybridized carbons (Fsp3) is 0.932. The number of nitrogens with zero attached hydrogens (tertiary/aromatic N) is 1. The zero-order valence-electron chi connectivity index (χ0n) is 66.8. The molecule has 0 spiro atoms. The molecule has 0 aliphatic rings. The van der Waals surface area contributed by atoms with Crippen molar-refractivity contribution in [3.63, 3.8) is 0 Å². The molecule has 10 heteroatoms. The monoisotopic (exact) mass is 1400 g/mol. The highest BCUT2D eigenvalue weighted by Gasteiger charge is 2.22. The number of carbonyl (C=O) groups excluding carboxylic acids is 2. The van der Waals surface area contributed by atoms with Crippen LogP contribution in [0, 0.1) is 0 Å². The van der Waals surface area contributed by atoms with Gasteiger partial charge in [0, 0.05) is 12.8 Å². The van der Waals surface area contributed by atoms with Gasteiger partial charge in [-0.25, -0.2) is 0 Å². The highest BCUT2D eigenvalue weighted by Crippen LogP contribution is 2.38. The Labute approximate surface area is 612 Å². The van der Waals surface area contributed by atoms with E-state index in [1.807, 2.05) is 21.1 Å². The fourth-order valence-corrected chi connectivity index (χ4v) is 14.4. The van der Waals surface area contributed by atoms with E-state index in [0.29, 0.717) is 17.4 Å². The number of hydrogen-bond acceptors (Lipinski definition) is 8. The Morgan fingerprint density at radius 1 is 0.306 bits per heavy atom. The van der Waals surface area contributed by atoms with Gasteiger partial charge in [0.25, 0.3) is 7.82 Å². The quantitative estimate of drug-likeness (QED) is 0.0195. The van der Waals surface area contributed by atoms with Gasteiger partial charge in [-0.15, -0.1) is 0 Å². The summed E-state index contributed by atoms with van der Waals surface area (Å²) in [5, 5.41) is 0. The van der Waals surface area contributed by atoms with Crippen molar-refractivity contribution >= 4 is 19.8 Å². The highest BCUT2D eigenvalue weighted by molar-refractivity contribution is 7.45. The maximum atomic E-state index is 12.9. The number of hydrogen-bond donors (Lipinski definition) is 0. The molecule has 0 radical (unpaired) electrons. The smallest absolute Gasteiger partial charge is 0.306 e. The van der Waals surface area contributed by atoms with Crippen LogP contribution in [-0.4, -0.2) is 70.0 Å². The number of allylic oxidation sites excluding steroid dienone is 4. The minimum absolute atomic E-state index is 0.0260. The van der Waals surface area contributed by atoms with E-state index in [-0.39, 0.29) is 32.0 Å². The van der Waals surface area contributed by atoms with Gasteiger partial charge in [0.05, 0.1) is 27.7 Å². The lowest BCUT2D eigenvalue weighted by atomic mass is 10.0. The first-order valence-electron chi connectivity index (χ1n) is 44.0. The Hall–Kier alpha value is -1.51. The lowest BCUT2D eigenvalue weighted by Crippen LogP contribution is -2.37. The van der Waals surface area contributed by atoms with Gasteiger partial charge in [-0.2, -0.15) is 0 Å². The highest BCUT2D eigenvalue weighted by atomic mass is 31.2. The molecule has 2 unspecified atom stereocenters. The van der Waals surface area contributed by atoms with E-state index in [4.69, 9.17) is 18.5 Å². The van der Waals surface area contributed by atoms with Gasteiger partial charge in [0.15, 0.2) is 6.10 Å². The number of likely N-dealkylation sites (N-methyl/N-ethyl adjacent to an activating group) is 1. The lowest BCUT2D eigenvalue weighted by Gasteiger charge is -2.28. The molecular formula is C88H172NO8P. The van der Waals surface area contributed by atoms with Crippen molar-refractivity contribution in [1.29, 1.82) is 0 Å². The third kappa shape index (κ3) is 83.4. The van der Waals surface area contributed by atoms with Crippen LogP contribution in [0.2, 0.25) is 0 Å². The Kier molecular flexibility index (Phi) is 78.4. The molecule has 98 heavy (non-hydrogen) atoms. The molecule has 0 saturated heterocycles. The van der Waals surface area contributed by atoms with Crippen molar-refractivity contribution < 1.29 is 42.1 Å². The lowest BCUT2D eigenvalue weighted by molar-refractivity contribution is -0.870. The fourth-order valence-electron chi connectivity index (χ4n) is 13.7. The summed E-state index contributed by atoms with van der Waals surface area (Å²) in [6.45, 7) is 4.34. The molecule has 0 aromatic carbocycles. The minimum Gasteiger partial charge on any atom is -0.756 e. The van der Waals surface area contributed by atoms with Crippen molar-refractivity contribution in [2.75, 3.05) is 47.5 Å². The van der Waals surface area contributed by atoms with Gasteiger partial charge < -0.3 is 27.9 Å². The van der Waals surface area contributed by atoms with E-state index in [1.165, 1.54) is 411 Å². The first-order valence-corrected chi connectivity index (χ1v) is 45.5. The molecule has 0 saturated carbocycles. The van der Waals surface area contributed by atoms with E-state index in [1.54, 1.807) is 0 Å². The Morgan fingerprint density at radius 2 is 0.520 bits per heavy atom. The maximum absolute atomic E-state index is 12.9. The topological polar surface area (TPSA) is 111 Å². The standard InChI is InChI=1S/C88H172NO8P/c1-6-8-10-12-14-16-18-20-22-24-26-28-30-32-34-36-38-40-42-43-44-45-47-49-51-53-55-57-59-61-63-65-67-69-71-73-75-77-79-81-88(91)97-86(85-96-98(92,93)95-83-82-89(3,4)5)84-94-87(90)80-78-76-74-72-70-68-66-64-62-60-58-56-54-52-50-48-46-41-39-37-35-33-31-29-27-25-23-21-19-17-15-13-11-9-7-2/h24-27,86H,6-23,28-85H2,1-5H3/b26-24-,27-25-. The predicted molar refractivity (Wildman–Crippen MR) is 425 cm³/mol. The average Bonchev–Trinajstić information content (AvgIpc) is 1.23. The molecular weight excluding hydrogens is 1230 g/mol. The van der Waals surface area contributed by atoms with Crippen molar-refractivity contribution in [3.8, 4) is 0 Å². The number of rotatable bonds is 84. The first kappa shape index (κ1) is 96.5. The molecule has 2 atom stereocenters. The molecule has 0 bridgehead atoms. The first-order chi connectivity index (χ1) is 48.0. The van der Waals surface area contributed by atoms with Crippen molar-refractivity contribution in [1.82, 2.24) is 0 Å². The summed E-state index contributed by atoms with van der Waals surface area (Å²) < 4.78 is 34.5. The van der Waals surface area contributed by atoms with E-state index in [9.17, 15) is 19.0 Å². The predicted octanol–water partition coefficient (Wildman–Crippen LogP) is 28.9. The third-order valence-electron chi connectivity index (χ3n) is 20.4. The number of esters is 2. The molecule has 0 heterocycles. The number of phosphoric acid groups is 1. The molecule has 9 nitrogen and oxygen atoms in total. The molecule has 582 valence electrons. The molecule has 0 aromatic rings. The molecule has 0 aliphatic heterocycles. The van der Waals surface area contributed by atoms with Gasteiger partial charge in [-0.05, 0) is 64.2 Å². The molecule has 0 N–H and O–H groups in total. The van der Waals surface area contributed by atoms with E-state index in [2.05, 4.69) is 38.2 Å². The molecule has 0 amide bonds. The Bertz CT molecular complexity index is 1700. The molecule has 0 fully saturated rings. The van der Waals surface area contributed by atoms with Gasteiger partial charge in [-0.3, -0.25) is 14.2 Å². The summed E-state index contributed by atoms with van der Waals surface area (Å²) in [6.07, 6.45) is 104. The number of quaternary nitrogens is 1. The largest absolute Gasteiger partial charge is 0.756 e. The van der Waals surface area contributed by atoms with Gasteiger partial charge in [0.1, 0.15) is 19.8 Å². The number of unbranched alkanes of at least 4 members (excludes halogenated alkanes) is 66. The van der Waals surface area contributed by atoms with Crippen LogP contribution in [-0.2, 0) is 32.7 Å². The summed E-state index contributed by atoms with van der Waals surface area (Å²) >= 11 is 0. The van der Waals surface area contributed by atoms with Crippen molar-refractivity contribution in [3.05, 3.63) is 24.3 Å². The molecule has 0 aromatic heterocycles. The van der Waals surface area contributed by atoms with Crippen LogP contribution in [0.4, 0.5) is 0 Å². The van der Waals surface area contributed by atoms with Crippen molar-refractivity contribution in [2.45, 2.75) is 482 Å². The summed E-state index contributed by atoms with van der Waals surface area (Å²) in [5.41, 5.74) is 0. The minimum atomic E-state index is -4.64. The van der Waals surface area contributed by atoms with E-state index < -0.39 is 26.5 Å². The zero-order chi connectivity index (χ0) is 71.1. The molecule has 0 aliphatic carbocycles. The SMILES string of the molecule is CCCCCCCCCC/C=C\CCCCCCCCCCCCCCCCCCCCCCCCCCCCCC(=O)OC(COC(=O)CCCCCCCCCCCCCCCCCCCCCCCCC/C=C\CCCCCCCCCC)COP(=O)([O-])OCC[N+](C)(C)C. The summed E-state index contributed by atoms with van der Waals surface area (Å²) in [4.78, 5) is 38.2.